The molecule has 1 amide bonds. The lowest BCUT2D eigenvalue weighted by molar-refractivity contribution is -0.128. The van der Waals surface area contributed by atoms with Gasteiger partial charge in [0.05, 0.1) is 22.3 Å². The second-order valence-corrected chi connectivity index (χ2v) is 13.1. The molecule has 1 saturated heterocycles. The van der Waals surface area contributed by atoms with Gasteiger partial charge in [-0.1, -0.05) is 6.07 Å². The van der Waals surface area contributed by atoms with Crippen LogP contribution in [0.2, 0.25) is 0 Å². The van der Waals surface area contributed by atoms with Crippen molar-refractivity contribution in [3.8, 4) is 0 Å². The Bertz CT molecular complexity index is 1050. The third kappa shape index (κ3) is 3.62. The second-order valence-electron chi connectivity index (χ2n) is 13.1. The van der Waals surface area contributed by atoms with Crippen LogP contribution in [0.4, 0.5) is 10.5 Å². The molecule has 0 aromatic heterocycles. The maximum Gasteiger partial charge on any atom is 0.495 e. The Hall–Kier alpha value is -1.86. The summed E-state index contributed by atoms with van der Waals surface area (Å²) >= 11 is 0. The molecule has 1 aromatic rings. The number of Topliss-reactive ketones (excluding diaryl/α,β-unsaturated/α-hetero) is 1. The number of nitrogens with zero attached hydrogens (tertiary/aromatic N) is 1. The van der Waals surface area contributed by atoms with Gasteiger partial charge < -0.3 is 14.0 Å². The molecule has 2 heterocycles. The van der Waals surface area contributed by atoms with Gasteiger partial charge in [0.25, 0.3) is 0 Å². The Kier molecular flexibility index (Phi) is 5.44. The monoisotopic (exact) mass is 469 g/mol. The predicted molar refractivity (Wildman–Crippen MR) is 135 cm³/mol. The first-order chi connectivity index (χ1) is 15.3. The Labute approximate surface area is 204 Å². The number of anilines is 1. The van der Waals surface area contributed by atoms with Crippen molar-refractivity contribution < 1.29 is 23.6 Å². The van der Waals surface area contributed by atoms with E-state index in [2.05, 4.69) is 6.07 Å². The molecule has 0 unspecified atom stereocenters. The molecule has 2 aliphatic heterocycles. The number of hydrogen-bond donors (Lipinski definition) is 0. The van der Waals surface area contributed by atoms with Crippen LogP contribution >= 0.6 is 0 Å². The standard InChI is InChI=1S/C27H40BNO5/c1-23(2,3)32-22(31)29-20-17-14-12-13-16(17)19(28-33-26(8,9)27(10,11)34-28)15-18(20)24(4,5)21(30)25(29,6)7/h15H,12-14H2,1-11H3. The van der Waals surface area contributed by atoms with Gasteiger partial charge in [0.2, 0.25) is 0 Å². The van der Waals surface area contributed by atoms with E-state index in [-0.39, 0.29) is 5.78 Å². The number of ether oxygens (including phenoxy) is 1. The number of benzene rings is 1. The minimum atomic E-state index is -1.04. The molecule has 0 radical (unpaired) electrons. The predicted octanol–water partition coefficient (Wildman–Crippen LogP) is 4.85. The number of carbonyl (C=O) groups is 2. The fourth-order valence-corrected chi connectivity index (χ4v) is 5.60. The van der Waals surface area contributed by atoms with E-state index in [1.807, 2.05) is 76.2 Å². The molecule has 1 fully saturated rings. The minimum Gasteiger partial charge on any atom is -0.443 e. The fourth-order valence-electron chi connectivity index (χ4n) is 5.60. The molecule has 186 valence electrons. The minimum absolute atomic E-state index is 0.0174. The van der Waals surface area contributed by atoms with Gasteiger partial charge in [-0.3, -0.25) is 9.69 Å². The maximum atomic E-state index is 13.8. The van der Waals surface area contributed by atoms with E-state index >= 15 is 0 Å². The number of amides is 1. The van der Waals surface area contributed by atoms with Crippen LogP contribution in [0.1, 0.15) is 99.3 Å². The molecule has 0 saturated carbocycles. The summed E-state index contributed by atoms with van der Waals surface area (Å²) in [6.45, 7) is 21.3. The van der Waals surface area contributed by atoms with E-state index < -0.39 is 41.0 Å². The van der Waals surface area contributed by atoms with Crippen LogP contribution in [0.5, 0.6) is 0 Å². The first-order valence-corrected chi connectivity index (χ1v) is 12.4. The summed E-state index contributed by atoms with van der Waals surface area (Å²) in [6, 6.07) is 2.06. The highest BCUT2D eigenvalue weighted by Gasteiger charge is 2.57. The number of ketones is 1. The van der Waals surface area contributed by atoms with E-state index in [1.165, 1.54) is 5.56 Å². The van der Waals surface area contributed by atoms with Gasteiger partial charge in [0.1, 0.15) is 11.1 Å². The van der Waals surface area contributed by atoms with Crippen molar-refractivity contribution in [1.29, 1.82) is 0 Å². The van der Waals surface area contributed by atoms with Crippen molar-refractivity contribution >= 4 is 30.1 Å². The van der Waals surface area contributed by atoms with Crippen LogP contribution in [-0.2, 0) is 37.1 Å². The Morgan fingerprint density at radius 3 is 2.03 bits per heavy atom. The zero-order valence-corrected chi connectivity index (χ0v) is 22.8. The van der Waals surface area contributed by atoms with Gasteiger partial charge in [-0.15, -0.1) is 0 Å². The molecule has 0 N–H and O–H groups in total. The van der Waals surface area contributed by atoms with Crippen LogP contribution in [0.3, 0.4) is 0 Å². The first-order valence-electron chi connectivity index (χ1n) is 12.4. The number of fused-ring (bicyclic) bond motifs is 3. The van der Waals surface area contributed by atoms with Crippen LogP contribution in [0.25, 0.3) is 0 Å². The van der Waals surface area contributed by atoms with Crippen LogP contribution in [-0.4, -0.2) is 41.3 Å². The smallest absolute Gasteiger partial charge is 0.443 e. The van der Waals surface area contributed by atoms with Gasteiger partial charge >= 0.3 is 13.2 Å². The third-order valence-electron chi connectivity index (χ3n) is 8.07. The molecule has 7 heteroatoms. The van der Waals surface area contributed by atoms with Gasteiger partial charge in [-0.2, -0.15) is 0 Å². The molecule has 0 bridgehead atoms. The van der Waals surface area contributed by atoms with E-state index in [0.29, 0.717) is 0 Å². The quantitative estimate of drug-likeness (QED) is 0.550. The molecule has 4 rings (SSSR count). The van der Waals surface area contributed by atoms with Crippen molar-refractivity contribution in [2.75, 3.05) is 4.90 Å². The van der Waals surface area contributed by atoms with Gasteiger partial charge in [-0.05, 0) is 118 Å². The summed E-state index contributed by atoms with van der Waals surface area (Å²) in [4.78, 5) is 29.0. The summed E-state index contributed by atoms with van der Waals surface area (Å²) in [6.07, 6.45) is 2.22. The summed E-state index contributed by atoms with van der Waals surface area (Å²) < 4.78 is 18.7. The summed E-state index contributed by atoms with van der Waals surface area (Å²) in [5, 5.41) is 0. The SMILES string of the molecule is CC(C)(C)OC(=O)N1c2c(cc(B3OC(C)(C)C(C)(C)O3)c3c2CCC3)C(C)(C)C(=O)C1(C)C. The van der Waals surface area contributed by atoms with Gasteiger partial charge in [0, 0.05) is 0 Å². The summed E-state index contributed by atoms with van der Waals surface area (Å²) in [7, 11) is -0.516. The second kappa shape index (κ2) is 7.33. The lowest BCUT2D eigenvalue weighted by Gasteiger charge is -2.49. The van der Waals surface area contributed by atoms with E-state index in [9.17, 15) is 9.59 Å². The molecule has 1 aromatic carbocycles. The number of rotatable bonds is 1. The van der Waals surface area contributed by atoms with Crippen molar-refractivity contribution in [2.24, 2.45) is 0 Å². The molecule has 1 aliphatic carbocycles. The Morgan fingerprint density at radius 2 is 1.50 bits per heavy atom. The van der Waals surface area contributed by atoms with E-state index in [0.717, 1.165) is 41.5 Å². The molecule has 3 aliphatic rings. The lowest BCUT2D eigenvalue weighted by atomic mass is 9.64. The first kappa shape index (κ1) is 25.2. The molecule has 0 spiro atoms. The molecule has 0 atom stereocenters. The highest BCUT2D eigenvalue weighted by Crippen LogP contribution is 2.49. The van der Waals surface area contributed by atoms with Gasteiger partial charge in [-0.25, -0.2) is 4.79 Å². The van der Waals surface area contributed by atoms with Crippen molar-refractivity contribution in [2.45, 2.75) is 123 Å². The average molecular weight is 469 g/mol. The highest BCUT2D eigenvalue weighted by atomic mass is 16.7. The number of hydrogen-bond acceptors (Lipinski definition) is 5. The highest BCUT2D eigenvalue weighted by molar-refractivity contribution is 6.63. The molecular formula is C27H40BNO5. The topological polar surface area (TPSA) is 65.1 Å². The van der Waals surface area contributed by atoms with Crippen molar-refractivity contribution in [3.05, 3.63) is 22.8 Å². The Balaban J connectivity index is 1.96. The Morgan fingerprint density at radius 1 is 0.971 bits per heavy atom. The van der Waals surface area contributed by atoms with E-state index in [1.54, 1.807) is 4.90 Å². The lowest BCUT2D eigenvalue weighted by Crippen LogP contribution is -2.63. The van der Waals surface area contributed by atoms with Crippen molar-refractivity contribution in [1.82, 2.24) is 0 Å². The zero-order valence-electron chi connectivity index (χ0n) is 22.8. The fraction of sp³-hybridized carbons (Fsp3) is 0.704. The molecule has 34 heavy (non-hydrogen) atoms. The largest absolute Gasteiger partial charge is 0.495 e. The van der Waals surface area contributed by atoms with E-state index in [4.69, 9.17) is 14.0 Å². The van der Waals surface area contributed by atoms with Crippen LogP contribution in [0, 0.1) is 0 Å². The normalized spacial score (nSPS) is 24.1. The summed E-state index contributed by atoms with van der Waals surface area (Å²) in [5.74, 6) is -0.0174. The zero-order chi connectivity index (χ0) is 25.6. The van der Waals surface area contributed by atoms with Crippen LogP contribution in [0.15, 0.2) is 6.07 Å². The third-order valence-corrected chi connectivity index (χ3v) is 8.07. The number of carbonyl (C=O) groups excluding carboxylic acids is 2. The summed E-state index contributed by atoms with van der Waals surface area (Å²) in [5.41, 5.74) is 1.51. The van der Waals surface area contributed by atoms with Crippen LogP contribution < -0.4 is 10.4 Å². The van der Waals surface area contributed by atoms with Gasteiger partial charge in [0.15, 0.2) is 5.78 Å². The maximum absolute atomic E-state index is 13.8. The van der Waals surface area contributed by atoms with Crippen molar-refractivity contribution in [3.63, 3.8) is 0 Å². The molecule has 6 nitrogen and oxygen atoms in total. The molecular weight excluding hydrogens is 429 g/mol. The average Bonchev–Trinajstić information content (AvgIpc) is 3.21.